The number of nitrogens with zero attached hydrogens (tertiary/aromatic N) is 2. The number of Topliss-reactive ketones (excluding diaryl/α,β-unsaturated/α-hetero) is 1. The minimum Gasteiger partial charge on any atom is -0.494 e. The number of rotatable bonds is 5. The highest BCUT2D eigenvalue weighted by Crippen LogP contribution is 2.22. The first-order valence-corrected chi connectivity index (χ1v) is 6.84. The molecule has 0 saturated heterocycles. The summed E-state index contributed by atoms with van der Waals surface area (Å²) < 4.78 is 8.31. The molecule has 2 rings (SSSR count). The van der Waals surface area contributed by atoms with Crippen molar-refractivity contribution >= 4 is 21.7 Å². The Bertz CT molecular complexity index is 593. The second-order valence-electron chi connectivity index (χ2n) is 4.17. The van der Waals surface area contributed by atoms with Crippen LogP contribution in [-0.2, 0) is 6.54 Å². The van der Waals surface area contributed by atoms with Crippen LogP contribution in [0.25, 0.3) is 0 Å². The summed E-state index contributed by atoms with van der Waals surface area (Å²) in [7, 11) is 0. The molecule has 0 amide bonds. The Labute approximate surface area is 120 Å². The summed E-state index contributed by atoms with van der Waals surface area (Å²) in [6.45, 7) is 4.66. The molecule has 0 saturated carbocycles. The summed E-state index contributed by atoms with van der Waals surface area (Å²) in [5.74, 6) is 0.838. The fraction of sp³-hybridized carbons (Fsp3) is 0.286. The van der Waals surface area contributed by atoms with Gasteiger partial charge in [-0.2, -0.15) is 5.10 Å². The van der Waals surface area contributed by atoms with Crippen molar-refractivity contribution in [2.75, 3.05) is 6.61 Å². The number of carbonyl (C=O) groups excluding carboxylic acids is 1. The molecule has 2 aromatic rings. The fourth-order valence-corrected chi connectivity index (χ4v) is 2.15. The molecule has 0 N–H and O–H groups in total. The summed E-state index contributed by atoms with van der Waals surface area (Å²) in [6, 6.07) is 5.49. The number of hydrogen-bond acceptors (Lipinski definition) is 3. The first-order valence-electron chi connectivity index (χ1n) is 6.04. The zero-order valence-corrected chi connectivity index (χ0v) is 12.5. The SMILES string of the molecule is CCOc1ccc(C(C)=O)cc1Cn1cc(Br)cn1. The van der Waals surface area contributed by atoms with Gasteiger partial charge in [-0.1, -0.05) is 0 Å². The molecule has 1 aromatic heterocycles. The summed E-state index contributed by atoms with van der Waals surface area (Å²) in [5.41, 5.74) is 1.63. The zero-order chi connectivity index (χ0) is 13.8. The third-order valence-electron chi connectivity index (χ3n) is 2.70. The monoisotopic (exact) mass is 322 g/mol. The average Bonchev–Trinajstić information content (AvgIpc) is 2.77. The molecular weight excluding hydrogens is 308 g/mol. The normalized spacial score (nSPS) is 10.5. The van der Waals surface area contributed by atoms with Gasteiger partial charge in [0.1, 0.15) is 5.75 Å². The molecule has 4 nitrogen and oxygen atoms in total. The van der Waals surface area contributed by atoms with Gasteiger partial charge in [-0.15, -0.1) is 0 Å². The number of aromatic nitrogens is 2. The molecule has 0 aliphatic carbocycles. The topological polar surface area (TPSA) is 44.1 Å². The van der Waals surface area contributed by atoms with E-state index in [4.69, 9.17) is 4.74 Å². The minimum atomic E-state index is 0.0472. The van der Waals surface area contributed by atoms with Crippen LogP contribution in [0.3, 0.4) is 0 Å². The van der Waals surface area contributed by atoms with Crippen LogP contribution in [0.2, 0.25) is 0 Å². The maximum atomic E-state index is 11.5. The standard InChI is InChI=1S/C14H15BrN2O2/c1-3-19-14-5-4-11(10(2)18)6-12(14)8-17-9-13(15)7-16-17/h4-7,9H,3,8H2,1-2H3. The molecule has 0 bridgehead atoms. The summed E-state index contributed by atoms with van der Waals surface area (Å²) in [6.07, 6.45) is 3.62. The van der Waals surface area contributed by atoms with Gasteiger partial charge in [0, 0.05) is 17.3 Å². The Morgan fingerprint density at radius 1 is 1.47 bits per heavy atom. The first-order chi connectivity index (χ1) is 9.10. The van der Waals surface area contributed by atoms with E-state index in [0.717, 1.165) is 15.8 Å². The molecule has 0 atom stereocenters. The molecule has 0 radical (unpaired) electrons. The highest BCUT2D eigenvalue weighted by Gasteiger charge is 2.09. The van der Waals surface area contributed by atoms with Crippen molar-refractivity contribution in [1.29, 1.82) is 0 Å². The Balaban J connectivity index is 2.34. The van der Waals surface area contributed by atoms with Gasteiger partial charge >= 0.3 is 0 Å². The van der Waals surface area contributed by atoms with Crippen LogP contribution in [0.15, 0.2) is 35.1 Å². The fourth-order valence-electron chi connectivity index (χ4n) is 1.82. The van der Waals surface area contributed by atoms with E-state index < -0.39 is 0 Å². The smallest absolute Gasteiger partial charge is 0.159 e. The van der Waals surface area contributed by atoms with Crippen LogP contribution >= 0.6 is 15.9 Å². The van der Waals surface area contributed by atoms with E-state index >= 15 is 0 Å². The zero-order valence-electron chi connectivity index (χ0n) is 10.9. The Morgan fingerprint density at radius 3 is 2.84 bits per heavy atom. The maximum absolute atomic E-state index is 11.5. The van der Waals surface area contributed by atoms with Gasteiger partial charge in [-0.05, 0) is 48.0 Å². The molecule has 0 unspecified atom stereocenters. The van der Waals surface area contributed by atoms with Gasteiger partial charge in [-0.3, -0.25) is 9.48 Å². The van der Waals surface area contributed by atoms with Crippen molar-refractivity contribution < 1.29 is 9.53 Å². The van der Waals surface area contributed by atoms with E-state index in [9.17, 15) is 4.79 Å². The lowest BCUT2D eigenvalue weighted by molar-refractivity contribution is 0.101. The molecule has 0 aliphatic heterocycles. The van der Waals surface area contributed by atoms with Gasteiger partial charge in [0.15, 0.2) is 5.78 Å². The number of ether oxygens (including phenoxy) is 1. The van der Waals surface area contributed by atoms with Crippen molar-refractivity contribution in [2.45, 2.75) is 20.4 Å². The van der Waals surface area contributed by atoms with Crippen LogP contribution in [0, 0.1) is 0 Å². The molecule has 0 aliphatic rings. The van der Waals surface area contributed by atoms with Crippen LogP contribution in [0.1, 0.15) is 29.8 Å². The molecular formula is C14H15BrN2O2. The number of ketones is 1. The molecule has 1 heterocycles. The number of hydrogen-bond donors (Lipinski definition) is 0. The first kappa shape index (κ1) is 13.8. The molecule has 0 fully saturated rings. The van der Waals surface area contributed by atoms with Crippen molar-refractivity contribution in [3.8, 4) is 5.75 Å². The van der Waals surface area contributed by atoms with Crippen molar-refractivity contribution in [2.24, 2.45) is 0 Å². The van der Waals surface area contributed by atoms with Crippen molar-refractivity contribution in [3.05, 3.63) is 46.2 Å². The number of halogens is 1. The third-order valence-corrected chi connectivity index (χ3v) is 3.11. The molecule has 0 spiro atoms. The molecule has 100 valence electrons. The number of carbonyl (C=O) groups is 1. The third kappa shape index (κ3) is 3.44. The second kappa shape index (κ2) is 6.02. The van der Waals surface area contributed by atoms with Crippen LogP contribution in [0.4, 0.5) is 0 Å². The number of benzene rings is 1. The van der Waals surface area contributed by atoms with E-state index in [0.29, 0.717) is 18.7 Å². The predicted molar refractivity (Wildman–Crippen MR) is 76.6 cm³/mol. The van der Waals surface area contributed by atoms with Crippen LogP contribution in [-0.4, -0.2) is 22.2 Å². The van der Waals surface area contributed by atoms with E-state index in [1.807, 2.05) is 25.3 Å². The highest BCUT2D eigenvalue weighted by atomic mass is 79.9. The Kier molecular flexibility index (Phi) is 4.37. The van der Waals surface area contributed by atoms with Crippen LogP contribution in [0.5, 0.6) is 5.75 Å². The lowest BCUT2D eigenvalue weighted by Gasteiger charge is -2.11. The largest absolute Gasteiger partial charge is 0.494 e. The van der Waals surface area contributed by atoms with Gasteiger partial charge in [0.25, 0.3) is 0 Å². The quantitative estimate of drug-likeness (QED) is 0.793. The lowest BCUT2D eigenvalue weighted by Crippen LogP contribution is -2.05. The van der Waals surface area contributed by atoms with Gasteiger partial charge in [0.05, 0.1) is 23.8 Å². The predicted octanol–water partition coefficient (Wildman–Crippen LogP) is 3.30. The van der Waals surface area contributed by atoms with E-state index in [1.165, 1.54) is 0 Å². The summed E-state index contributed by atoms with van der Waals surface area (Å²) in [4.78, 5) is 11.5. The van der Waals surface area contributed by atoms with Crippen molar-refractivity contribution in [1.82, 2.24) is 9.78 Å². The van der Waals surface area contributed by atoms with E-state index in [1.54, 1.807) is 23.9 Å². The van der Waals surface area contributed by atoms with E-state index in [2.05, 4.69) is 21.0 Å². The minimum absolute atomic E-state index is 0.0472. The molecule has 1 aromatic carbocycles. The molecule has 5 heteroatoms. The summed E-state index contributed by atoms with van der Waals surface area (Å²) >= 11 is 3.36. The lowest BCUT2D eigenvalue weighted by atomic mass is 10.1. The average molecular weight is 323 g/mol. The maximum Gasteiger partial charge on any atom is 0.159 e. The second-order valence-corrected chi connectivity index (χ2v) is 5.08. The highest BCUT2D eigenvalue weighted by molar-refractivity contribution is 9.10. The van der Waals surface area contributed by atoms with Gasteiger partial charge in [0.2, 0.25) is 0 Å². The Hall–Kier alpha value is -1.62. The molecule has 19 heavy (non-hydrogen) atoms. The summed E-state index contributed by atoms with van der Waals surface area (Å²) in [5, 5.41) is 4.22. The van der Waals surface area contributed by atoms with E-state index in [-0.39, 0.29) is 5.78 Å². The van der Waals surface area contributed by atoms with Gasteiger partial charge in [-0.25, -0.2) is 0 Å². The Morgan fingerprint density at radius 2 is 2.26 bits per heavy atom. The van der Waals surface area contributed by atoms with Crippen molar-refractivity contribution in [3.63, 3.8) is 0 Å². The van der Waals surface area contributed by atoms with Crippen LogP contribution < -0.4 is 4.74 Å². The van der Waals surface area contributed by atoms with Gasteiger partial charge < -0.3 is 4.74 Å².